The summed E-state index contributed by atoms with van der Waals surface area (Å²) in [6.07, 6.45) is 0.674. The third-order valence-electron chi connectivity index (χ3n) is 2.71. The lowest BCUT2D eigenvalue weighted by Crippen LogP contribution is -2.42. The minimum absolute atomic E-state index is 0.147. The molecule has 0 atom stereocenters. The molecule has 0 aromatic carbocycles. The second-order valence-electron chi connectivity index (χ2n) is 5.64. The van der Waals surface area contributed by atoms with Crippen LogP contribution in [0.15, 0.2) is 0 Å². The van der Waals surface area contributed by atoms with Crippen molar-refractivity contribution in [1.29, 1.82) is 0 Å². The fourth-order valence-corrected chi connectivity index (χ4v) is 2.81. The molecule has 0 aliphatic carbocycles. The Balaban J connectivity index is 2.42. The van der Waals surface area contributed by atoms with Gasteiger partial charge >= 0.3 is 6.09 Å². The molecule has 1 aliphatic heterocycles. The average Bonchev–Trinajstić information content (AvgIpc) is 2.13. The number of nitrogens with zero attached hydrogens (tertiary/aromatic N) is 1. The first kappa shape index (κ1) is 15.2. The van der Waals surface area contributed by atoms with Crippen LogP contribution in [0.1, 0.15) is 33.6 Å². The summed E-state index contributed by atoms with van der Waals surface area (Å²) in [6, 6.07) is 0. The molecule has 1 amide bonds. The molecule has 0 radical (unpaired) electrons. The first-order valence-corrected chi connectivity index (χ1v) is 7.56. The minimum Gasteiger partial charge on any atom is -0.748 e. The number of hydrogen-bond donors (Lipinski definition) is 0. The van der Waals surface area contributed by atoms with Gasteiger partial charge in [0, 0.05) is 18.8 Å². The largest absolute Gasteiger partial charge is 0.748 e. The van der Waals surface area contributed by atoms with Crippen LogP contribution >= 0.6 is 0 Å². The Hall–Kier alpha value is -0.820. The van der Waals surface area contributed by atoms with Gasteiger partial charge in [0.25, 0.3) is 0 Å². The Morgan fingerprint density at radius 1 is 1.33 bits per heavy atom. The zero-order chi connectivity index (χ0) is 14.0. The van der Waals surface area contributed by atoms with E-state index in [1.165, 1.54) is 0 Å². The predicted octanol–water partition coefficient (Wildman–Crippen LogP) is 1.18. The number of carbonyl (C=O) groups is 1. The smallest absolute Gasteiger partial charge is 0.410 e. The van der Waals surface area contributed by atoms with Gasteiger partial charge in [-0.1, -0.05) is 0 Å². The van der Waals surface area contributed by atoms with E-state index < -0.39 is 15.7 Å². The number of piperidine rings is 1. The van der Waals surface area contributed by atoms with Crippen molar-refractivity contribution < 1.29 is 22.5 Å². The molecule has 0 aromatic rings. The van der Waals surface area contributed by atoms with Crippen LogP contribution in [0.5, 0.6) is 0 Å². The lowest BCUT2D eigenvalue weighted by Gasteiger charge is -2.33. The first-order valence-electron chi connectivity index (χ1n) is 5.98. The molecule has 6 nitrogen and oxygen atoms in total. The monoisotopic (exact) mass is 278 g/mol. The maximum Gasteiger partial charge on any atom is 0.410 e. The molecule has 1 saturated heterocycles. The fourth-order valence-electron chi connectivity index (χ4n) is 1.90. The van der Waals surface area contributed by atoms with Gasteiger partial charge in [-0.05, 0) is 39.5 Å². The molecule has 0 N–H and O–H groups in total. The zero-order valence-corrected chi connectivity index (χ0v) is 11.8. The maximum absolute atomic E-state index is 11.7. The van der Waals surface area contributed by atoms with Crippen molar-refractivity contribution in [1.82, 2.24) is 4.90 Å². The number of carbonyl (C=O) groups excluding carboxylic acids is 1. The number of rotatable bonds is 2. The van der Waals surface area contributed by atoms with Crippen LogP contribution in [0.3, 0.4) is 0 Å². The van der Waals surface area contributed by atoms with Gasteiger partial charge in [-0.25, -0.2) is 13.2 Å². The quantitative estimate of drug-likeness (QED) is 0.708. The molecule has 0 aromatic heterocycles. The summed E-state index contributed by atoms with van der Waals surface area (Å²) in [5, 5.41) is 0. The lowest BCUT2D eigenvalue weighted by atomic mass is 9.99. The molecule has 1 heterocycles. The Bertz CT molecular complexity index is 390. The molecule has 0 spiro atoms. The Kier molecular flexibility index (Phi) is 4.61. The van der Waals surface area contributed by atoms with Crippen LogP contribution in [-0.2, 0) is 14.9 Å². The molecular formula is C11H20NO5S-. The van der Waals surface area contributed by atoms with E-state index >= 15 is 0 Å². The van der Waals surface area contributed by atoms with Gasteiger partial charge in [-0.3, -0.25) is 0 Å². The van der Waals surface area contributed by atoms with E-state index in [2.05, 4.69) is 0 Å². The number of amides is 1. The minimum atomic E-state index is -4.17. The summed E-state index contributed by atoms with van der Waals surface area (Å²) in [4.78, 5) is 13.3. The van der Waals surface area contributed by atoms with Gasteiger partial charge in [0.15, 0.2) is 0 Å². The predicted molar refractivity (Wildman–Crippen MR) is 65.1 cm³/mol. The van der Waals surface area contributed by atoms with E-state index in [1.54, 1.807) is 25.7 Å². The summed E-state index contributed by atoms with van der Waals surface area (Å²) in [6.45, 7) is 6.26. The summed E-state index contributed by atoms with van der Waals surface area (Å²) in [5.74, 6) is -0.485. The van der Waals surface area contributed by atoms with E-state index in [9.17, 15) is 17.8 Å². The van der Waals surface area contributed by atoms with Crippen molar-refractivity contribution in [3.8, 4) is 0 Å². The highest BCUT2D eigenvalue weighted by molar-refractivity contribution is 7.85. The third-order valence-corrected chi connectivity index (χ3v) is 3.59. The normalized spacial score (nSPS) is 18.8. The molecule has 1 aliphatic rings. The van der Waals surface area contributed by atoms with Gasteiger partial charge in [0.1, 0.15) is 5.60 Å². The van der Waals surface area contributed by atoms with Crippen molar-refractivity contribution >= 4 is 16.2 Å². The molecule has 18 heavy (non-hydrogen) atoms. The van der Waals surface area contributed by atoms with Crippen molar-refractivity contribution in [2.24, 2.45) is 5.92 Å². The highest BCUT2D eigenvalue weighted by atomic mass is 32.2. The van der Waals surface area contributed by atoms with Crippen LogP contribution in [-0.4, -0.2) is 48.4 Å². The van der Waals surface area contributed by atoms with Gasteiger partial charge in [-0.15, -0.1) is 0 Å². The van der Waals surface area contributed by atoms with Crippen molar-refractivity contribution in [3.05, 3.63) is 0 Å². The van der Waals surface area contributed by atoms with Crippen molar-refractivity contribution in [3.63, 3.8) is 0 Å². The molecule has 7 heteroatoms. The first-order chi connectivity index (χ1) is 8.07. The summed E-state index contributed by atoms with van der Waals surface area (Å²) in [7, 11) is -4.17. The highest BCUT2D eigenvalue weighted by Crippen LogP contribution is 2.20. The van der Waals surface area contributed by atoms with Gasteiger partial charge in [-0.2, -0.15) is 0 Å². The second kappa shape index (κ2) is 5.44. The van der Waals surface area contributed by atoms with Crippen molar-refractivity contribution in [2.45, 2.75) is 39.2 Å². The lowest BCUT2D eigenvalue weighted by molar-refractivity contribution is 0.0191. The Labute approximate surface area is 108 Å². The molecular weight excluding hydrogens is 258 g/mol. The van der Waals surface area contributed by atoms with Gasteiger partial charge < -0.3 is 14.2 Å². The molecule has 0 saturated carbocycles. The fraction of sp³-hybridized carbons (Fsp3) is 0.909. The highest BCUT2D eigenvalue weighted by Gasteiger charge is 2.27. The Morgan fingerprint density at radius 2 is 1.83 bits per heavy atom. The van der Waals surface area contributed by atoms with E-state index in [4.69, 9.17) is 4.74 Å². The molecule has 1 fully saturated rings. The SMILES string of the molecule is CC(C)(C)OC(=O)N1CCC(CS(=O)(=O)[O-])CC1. The van der Waals surface area contributed by atoms with Crippen molar-refractivity contribution in [2.75, 3.05) is 18.8 Å². The van der Waals surface area contributed by atoms with Crippen LogP contribution in [0.4, 0.5) is 4.79 Å². The summed E-state index contributed by atoms with van der Waals surface area (Å²) in [5.41, 5.74) is -0.535. The average molecular weight is 278 g/mol. The van der Waals surface area contributed by atoms with Gasteiger partial charge in [0.05, 0.1) is 10.1 Å². The number of ether oxygens (including phenoxy) is 1. The van der Waals surface area contributed by atoms with Crippen LogP contribution in [0.2, 0.25) is 0 Å². The van der Waals surface area contributed by atoms with E-state index in [1.807, 2.05) is 0 Å². The van der Waals surface area contributed by atoms with Gasteiger partial charge in [0.2, 0.25) is 0 Å². The van der Waals surface area contributed by atoms with Crippen LogP contribution in [0, 0.1) is 5.92 Å². The Morgan fingerprint density at radius 3 is 2.22 bits per heavy atom. The van der Waals surface area contributed by atoms with E-state index in [0.717, 1.165) is 0 Å². The number of likely N-dealkylation sites (tertiary alicyclic amines) is 1. The summed E-state index contributed by atoms with van der Waals surface area (Å²) < 4.78 is 37.1. The van der Waals surface area contributed by atoms with E-state index in [-0.39, 0.29) is 17.8 Å². The maximum atomic E-state index is 11.7. The molecule has 106 valence electrons. The van der Waals surface area contributed by atoms with Crippen LogP contribution < -0.4 is 0 Å². The molecule has 1 rings (SSSR count). The number of hydrogen-bond acceptors (Lipinski definition) is 5. The topological polar surface area (TPSA) is 86.7 Å². The van der Waals surface area contributed by atoms with Crippen LogP contribution in [0.25, 0.3) is 0 Å². The van der Waals surface area contributed by atoms with E-state index in [0.29, 0.717) is 25.9 Å². The summed E-state index contributed by atoms with van der Waals surface area (Å²) >= 11 is 0. The molecule has 0 bridgehead atoms. The second-order valence-corrected chi connectivity index (χ2v) is 7.08. The standard InChI is InChI=1S/C11H21NO5S/c1-11(2,3)17-10(13)12-6-4-9(5-7-12)8-18(14,15)16/h9H,4-8H2,1-3H3,(H,14,15,16)/p-1. The molecule has 0 unspecified atom stereocenters. The zero-order valence-electron chi connectivity index (χ0n) is 11.0. The third kappa shape index (κ3) is 5.68.